The molecule has 6 nitrogen and oxygen atoms in total. The highest BCUT2D eigenvalue weighted by Crippen LogP contribution is 2.21. The summed E-state index contributed by atoms with van der Waals surface area (Å²) in [6, 6.07) is 13.5. The average molecular weight is 323 g/mol. The van der Waals surface area contributed by atoms with E-state index in [0.717, 1.165) is 43.9 Å². The van der Waals surface area contributed by atoms with Crippen LogP contribution in [0, 0.1) is 11.3 Å². The van der Waals surface area contributed by atoms with Crippen molar-refractivity contribution in [2.45, 2.75) is 31.8 Å². The molecule has 1 unspecified atom stereocenters. The molecule has 0 bridgehead atoms. The van der Waals surface area contributed by atoms with Crippen LogP contribution < -0.4 is 15.8 Å². The second kappa shape index (κ2) is 7.75. The molecule has 1 fully saturated rings. The third-order valence-electron chi connectivity index (χ3n) is 4.35. The largest absolute Gasteiger partial charge is 0.351 e. The van der Waals surface area contributed by atoms with Gasteiger partial charge in [0.05, 0.1) is 11.6 Å². The molecule has 0 radical (unpaired) electrons. The number of aromatic amines is 1. The number of nitrogens with one attached hydrogen (secondary N) is 2. The molecule has 0 saturated carbocycles. The molecule has 124 valence electrons. The van der Waals surface area contributed by atoms with E-state index in [1.165, 1.54) is 12.5 Å². The van der Waals surface area contributed by atoms with Crippen LogP contribution in [0.1, 0.15) is 30.4 Å². The normalized spacial score (nSPS) is 17.5. The van der Waals surface area contributed by atoms with Crippen molar-refractivity contribution in [1.82, 2.24) is 15.5 Å². The molecule has 0 amide bonds. The van der Waals surface area contributed by atoms with Crippen molar-refractivity contribution in [3.63, 3.8) is 0 Å². The van der Waals surface area contributed by atoms with Crippen LogP contribution >= 0.6 is 0 Å². The standard InChI is InChI=1S/C18H21N5O/c19-11-14-4-3-5-15(10-14)12-20-13-16-6-1-2-9-23(16)17-7-8-18(24)22-21-17/h3-5,7-8,10,16,20H,1-2,6,9,12-13H2,(H,22,24). The van der Waals surface area contributed by atoms with Crippen molar-refractivity contribution in [1.29, 1.82) is 5.26 Å². The van der Waals surface area contributed by atoms with Crippen LogP contribution in [0.25, 0.3) is 0 Å². The van der Waals surface area contributed by atoms with Gasteiger partial charge in [0.2, 0.25) is 0 Å². The first kappa shape index (κ1) is 16.2. The van der Waals surface area contributed by atoms with E-state index in [-0.39, 0.29) is 5.56 Å². The summed E-state index contributed by atoms with van der Waals surface area (Å²) in [6.07, 6.45) is 3.45. The smallest absolute Gasteiger partial charge is 0.264 e. The Bertz CT molecular complexity index is 759. The molecule has 24 heavy (non-hydrogen) atoms. The lowest BCUT2D eigenvalue weighted by Crippen LogP contribution is -2.46. The molecule has 1 saturated heterocycles. The molecule has 1 aromatic carbocycles. The summed E-state index contributed by atoms with van der Waals surface area (Å²) in [4.78, 5) is 13.5. The number of aromatic nitrogens is 2. The van der Waals surface area contributed by atoms with E-state index in [9.17, 15) is 4.79 Å². The fourth-order valence-corrected chi connectivity index (χ4v) is 3.15. The first-order valence-electron chi connectivity index (χ1n) is 8.28. The van der Waals surface area contributed by atoms with Gasteiger partial charge in [-0.1, -0.05) is 12.1 Å². The summed E-state index contributed by atoms with van der Waals surface area (Å²) in [7, 11) is 0. The van der Waals surface area contributed by atoms with Gasteiger partial charge in [0.1, 0.15) is 5.82 Å². The van der Waals surface area contributed by atoms with Gasteiger partial charge in [-0.05, 0) is 43.0 Å². The molecule has 3 rings (SSSR count). The van der Waals surface area contributed by atoms with Gasteiger partial charge in [0.25, 0.3) is 5.56 Å². The molecular weight excluding hydrogens is 302 g/mol. The third kappa shape index (κ3) is 4.00. The van der Waals surface area contributed by atoms with Crippen LogP contribution in [0.3, 0.4) is 0 Å². The highest BCUT2D eigenvalue weighted by Gasteiger charge is 2.23. The molecule has 6 heteroatoms. The van der Waals surface area contributed by atoms with Gasteiger partial charge in [-0.3, -0.25) is 4.79 Å². The van der Waals surface area contributed by atoms with E-state index in [1.54, 1.807) is 6.07 Å². The fraction of sp³-hybridized carbons (Fsp3) is 0.389. The van der Waals surface area contributed by atoms with Gasteiger partial charge in [-0.2, -0.15) is 10.4 Å². The fourth-order valence-electron chi connectivity index (χ4n) is 3.15. The Labute approximate surface area is 141 Å². The number of H-pyrrole nitrogens is 1. The van der Waals surface area contributed by atoms with Crippen LogP contribution in [0.5, 0.6) is 0 Å². The number of benzene rings is 1. The summed E-state index contributed by atoms with van der Waals surface area (Å²) in [5.74, 6) is 0.826. The number of nitriles is 1. The van der Waals surface area contributed by atoms with Crippen molar-refractivity contribution in [2.75, 3.05) is 18.0 Å². The quantitative estimate of drug-likeness (QED) is 0.876. The van der Waals surface area contributed by atoms with Crippen molar-refractivity contribution in [2.24, 2.45) is 0 Å². The lowest BCUT2D eigenvalue weighted by molar-refractivity contribution is 0.431. The molecule has 2 heterocycles. The summed E-state index contributed by atoms with van der Waals surface area (Å²) in [5.41, 5.74) is 1.62. The van der Waals surface area contributed by atoms with E-state index >= 15 is 0 Å². The minimum absolute atomic E-state index is 0.178. The van der Waals surface area contributed by atoms with Gasteiger partial charge in [-0.15, -0.1) is 0 Å². The first-order chi connectivity index (χ1) is 11.8. The zero-order chi connectivity index (χ0) is 16.8. The molecule has 0 aliphatic carbocycles. The number of rotatable bonds is 5. The van der Waals surface area contributed by atoms with Gasteiger partial charge < -0.3 is 10.2 Å². The number of anilines is 1. The van der Waals surface area contributed by atoms with Gasteiger partial charge in [0, 0.05) is 31.7 Å². The van der Waals surface area contributed by atoms with Crippen molar-refractivity contribution in [3.8, 4) is 6.07 Å². The molecule has 2 aromatic rings. The molecule has 2 N–H and O–H groups in total. The van der Waals surface area contributed by atoms with Crippen LogP contribution in [0.4, 0.5) is 5.82 Å². The Hall–Kier alpha value is -2.65. The Kier molecular flexibility index (Phi) is 5.24. The number of nitrogens with zero attached hydrogens (tertiary/aromatic N) is 3. The summed E-state index contributed by atoms with van der Waals surface area (Å²) < 4.78 is 0. The summed E-state index contributed by atoms with van der Waals surface area (Å²) in [5, 5.41) is 19.1. The van der Waals surface area contributed by atoms with Crippen molar-refractivity contribution >= 4 is 5.82 Å². The maximum atomic E-state index is 11.2. The predicted octanol–water partition coefficient (Wildman–Crippen LogP) is 1.79. The van der Waals surface area contributed by atoms with Crippen LogP contribution in [-0.2, 0) is 6.54 Å². The number of hydrogen-bond donors (Lipinski definition) is 2. The minimum atomic E-state index is -0.178. The monoisotopic (exact) mass is 323 g/mol. The van der Waals surface area contributed by atoms with Crippen LogP contribution in [-0.4, -0.2) is 29.3 Å². The van der Waals surface area contributed by atoms with E-state index in [0.29, 0.717) is 11.6 Å². The molecule has 1 aliphatic heterocycles. The maximum Gasteiger partial charge on any atom is 0.264 e. The predicted molar refractivity (Wildman–Crippen MR) is 92.7 cm³/mol. The minimum Gasteiger partial charge on any atom is -0.351 e. The molecule has 1 atom stereocenters. The Morgan fingerprint density at radius 1 is 1.33 bits per heavy atom. The van der Waals surface area contributed by atoms with E-state index in [4.69, 9.17) is 5.26 Å². The second-order valence-corrected chi connectivity index (χ2v) is 6.07. The number of hydrogen-bond acceptors (Lipinski definition) is 5. The van der Waals surface area contributed by atoms with Crippen molar-refractivity contribution in [3.05, 3.63) is 57.9 Å². The van der Waals surface area contributed by atoms with E-state index in [1.807, 2.05) is 24.3 Å². The maximum absolute atomic E-state index is 11.2. The highest BCUT2D eigenvalue weighted by molar-refractivity contribution is 5.38. The third-order valence-corrected chi connectivity index (χ3v) is 4.35. The van der Waals surface area contributed by atoms with Gasteiger partial charge >= 0.3 is 0 Å². The lowest BCUT2D eigenvalue weighted by atomic mass is 10.0. The zero-order valence-corrected chi connectivity index (χ0v) is 13.5. The first-order valence-corrected chi connectivity index (χ1v) is 8.28. The van der Waals surface area contributed by atoms with Crippen molar-refractivity contribution < 1.29 is 0 Å². The molecule has 1 aliphatic rings. The Morgan fingerprint density at radius 3 is 3.04 bits per heavy atom. The molecule has 1 aromatic heterocycles. The Balaban J connectivity index is 1.60. The molecule has 0 spiro atoms. The summed E-state index contributed by atoms with van der Waals surface area (Å²) >= 11 is 0. The second-order valence-electron chi connectivity index (χ2n) is 6.07. The molecular formula is C18H21N5O. The number of piperidine rings is 1. The van der Waals surface area contributed by atoms with Gasteiger partial charge in [-0.25, -0.2) is 5.10 Å². The van der Waals surface area contributed by atoms with Gasteiger partial charge in [0.15, 0.2) is 0 Å². The summed E-state index contributed by atoms with van der Waals surface area (Å²) in [6.45, 7) is 2.53. The van der Waals surface area contributed by atoms with E-state index in [2.05, 4.69) is 26.5 Å². The van der Waals surface area contributed by atoms with Crippen LogP contribution in [0.2, 0.25) is 0 Å². The average Bonchev–Trinajstić information content (AvgIpc) is 2.63. The lowest BCUT2D eigenvalue weighted by Gasteiger charge is -2.36. The SMILES string of the molecule is N#Cc1cccc(CNCC2CCCCN2c2ccc(=O)[nH]n2)c1. The zero-order valence-electron chi connectivity index (χ0n) is 13.5. The topological polar surface area (TPSA) is 84.8 Å². The van der Waals surface area contributed by atoms with Crippen LogP contribution in [0.15, 0.2) is 41.2 Å². The Morgan fingerprint density at radius 2 is 2.25 bits per heavy atom. The van der Waals surface area contributed by atoms with E-state index < -0.39 is 0 Å². The highest BCUT2D eigenvalue weighted by atomic mass is 16.1.